The number of aliphatic hydroxyl groups is 1. The van der Waals surface area contributed by atoms with Crippen molar-refractivity contribution in [3.8, 4) is 0 Å². The number of aliphatic hydroxyl groups excluding tert-OH is 1. The SMILES string of the molecule is C[C@H](CC(=O)N1CCOC1=O)SCCO. The maximum Gasteiger partial charge on any atom is 0.416 e. The highest BCUT2D eigenvalue weighted by Crippen LogP contribution is 2.16. The lowest BCUT2D eigenvalue weighted by molar-refractivity contribution is -0.127. The van der Waals surface area contributed by atoms with Crippen LogP contribution in [0.1, 0.15) is 13.3 Å². The summed E-state index contributed by atoms with van der Waals surface area (Å²) in [6.45, 7) is 2.66. The molecule has 1 N–H and O–H groups in total. The highest BCUT2D eigenvalue weighted by atomic mass is 32.2. The van der Waals surface area contributed by atoms with Crippen molar-refractivity contribution < 1.29 is 19.4 Å². The standard InChI is InChI=1S/C9H15NO4S/c1-7(15-5-3-11)6-8(12)10-2-4-14-9(10)13/h7,11H,2-6H2,1H3/t7-/m1/s1. The van der Waals surface area contributed by atoms with Gasteiger partial charge in [0.1, 0.15) is 6.61 Å². The molecule has 1 aliphatic rings. The Hall–Kier alpha value is -0.750. The van der Waals surface area contributed by atoms with Gasteiger partial charge in [-0.2, -0.15) is 11.8 Å². The van der Waals surface area contributed by atoms with Crippen LogP contribution in [-0.4, -0.2) is 52.8 Å². The van der Waals surface area contributed by atoms with Crippen LogP contribution in [0.2, 0.25) is 0 Å². The van der Waals surface area contributed by atoms with Gasteiger partial charge in [-0.25, -0.2) is 9.69 Å². The maximum atomic E-state index is 11.6. The molecule has 2 amide bonds. The van der Waals surface area contributed by atoms with E-state index in [-0.39, 0.29) is 17.8 Å². The van der Waals surface area contributed by atoms with Crippen molar-refractivity contribution in [2.75, 3.05) is 25.5 Å². The number of carbonyl (C=O) groups excluding carboxylic acids is 2. The first kappa shape index (κ1) is 12.3. The molecular weight excluding hydrogens is 218 g/mol. The lowest BCUT2D eigenvalue weighted by atomic mass is 10.3. The zero-order chi connectivity index (χ0) is 11.3. The number of carbonyl (C=O) groups is 2. The minimum absolute atomic E-state index is 0.106. The molecule has 0 unspecified atom stereocenters. The Balaban J connectivity index is 2.31. The molecule has 1 saturated heterocycles. The normalized spacial score (nSPS) is 17.7. The molecule has 6 heteroatoms. The lowest BCUT2D eigenvalue weighted by Gasteiger charge is -2.14. The quantitative estimate of drug-likeness (QED) is 0.747. The summed E-state index contributed by atoms with van der Waals surface area (Å²) in [5.74, 6) is 0.411. The highest BCUT2D eigenvalue weighted by molar-refractivity contribution is 7.99. The molecule has 0 aliphatic carbocycles. The van der Waals surface area contributed by atoms with Crippen LogP contribution in [0.4, 0.5) is 4.79 Å². The van der Waals surface area contributed by atoms with Gasteiger partial charge < -0.3 is 9.84 Å². The summed E-state index contributed by atoms with van der Waals surface area (Å²) in [4.78, 5) is 23.8. The number of hydrogen-bond donors (Lipinski definition) is 1. The number of rotatable bonds is 5. The molecule has 0 aromatic carbocycles. The topological polar surface area (TPSA) is 66.8 Å². The molecular formula is C9H15NO4S. The molecule has 1 aliphatic heterocycles. The molecule has 0 radical (unpaired) electrons. The average molecular weight is 233 g/mol. The summed E-state index contributed by atoms with van der Waals surface area (Å²) in [6, 6.07) is 0. The van der Waals surface area contributed by atoms with Crippen molar-refractivity contribution >= 4 is 23.8 Å². The van der Waals surface area contributed by atoms with E-state index in [0.717, 1.165) is 4.90 Å². The summed E-state index contributed by atoms with van der Waals surface area (Å²) in [7, 11) is 0. The third-order valence-electron chi connectivity index (χ3n) is 2.02. The second-order valence-corrected chi connectivity index (χ2v) is 4.82. The summed E-state index contributed by atoms with van der Waals surface area (Å²) in [6.07, 6.45) is -0.237. The number of hydrogen-bond acceptors (Lipinski definition) is 5. The monoisotopic (exact) mass is 233 g/mol. The van der Waals surface area contributed by atoms with E-state index in [4.69, 9.17) is 5.11 Å². The second kappa shape index (κ2) is 5.97. The average Bonchev–Trinajstić information content (AvgIpc) is 2.61. The Morgan fingerprint density at radius 3 is 3.00 bits per heavy atom. The van der Waals surface area contributed by atoms with Crippen LogP contribution in [-0.2, 0) is 9.53 Å². The van der Waals surface area contributed by atoms with Gasteiger partial charge in [0.25, 0.3) is 0 Å². The Labute approximate surface area is 92.8 Å². The summed E-state index contributed by atoms with van der Waals surface area (Å²) in [5.41, 5.74) is 0. The van der Waals surface area contributed by atoms with E-state index in [1.807, 2.05) is 6.92 Å². The summed E-state index contributed by atoms with van der Waals surface area (Å²) < 4.78 is 4.67. The molecule has 1 heterocycles. The zero-order valence-electron chi connectivity index (χ0n) is 8.64. The smallest absolute Gasteiger partial charge is 0.416 e. The number of nitrogens with zero attached hydrogens (tertiary/aromatic N) is 1. The predicted molar refractivity (Wildman–Crippen MR) is 56.7 cm³/mol. The molecule has 0 aromatic rings. The van der Waals surface area contributed by atoms with Gasteiger partial charge in [0.05, 0.1) is 13.2 Å². The van der Waals surface area contributed by atoms with Gasteiger partial charge in [-0.05, 0) is 0 Å². The van der Waals surface area contributed by atoms with Crippen LogP contribution in [0.15, 0.2) is 0 Å². The first-order valence-electron chi connectivity index (χ1n) is 4.84. The third-order valence-corrected chi connectivity index (χ3v) is 3.17. The largest absolute Gasteiger partial charge is 0.447 e. The number of thioether (sulfide) groups is 1. The molecule has 86 valence electrons. The first-order valence-corrected chi connectivity index (χ1v) is 5.89. The van der Waals surface area contributed by atoms with Crippen molar-refractivity contribution in [3.63, 3.8) is 0 Å². The fraction of sp³-hybridized carbons (Fsp3) is 0.778. The molecule has 0 spiro atoms. The molecule has 1 rings (SSSR count). The van der Waals surface area contributed by atoms with E-state index >= 15 is 0 Å². The Kier molecular flexibility index (Phi) is 4.90. The van der Waals surface area contributed by atoms with Crippen LogP contribution in [0.25, 0.3) is 0 Å². The van der Waals surface area contributed by atoms with E-state index in [9.17, 15) is 9.59 Å². The number of imide groups is 1. The fourth-order valence-corrected chi connectivity index (χ4v) is 2.06. The lowest BCUT2D eigenvalue weighted by Crippen LogP contribution is -2.33. The van der Waals surface area contributed by atoms with Crippen LogP contribution in [0.5, 0.6) is 0 Å². The second-order valence-electron chi connectivity index (χ2n) is 3.27. The molecule has 0 aromatic heterocycles. The minimum Gasteiger partial charge on any atom is -0.447 e. The van der Waals surface area contributed by atoms with Gasteiger partial charge in [-0.15, -0.1) is 0 Å². The van der Waals surface area contributed by atoms with Crippen molar-refractivity contribution in [1.29, 1.82) is 0 Å². The van der Waals surface area contributed by atoms with E-state index in [1.54, 1.807) is 0 Å². The first-order chi connectivity index (χ1) is 7.15. The van der Waals surface area contributed by atoms with Gasteiger partial charge in [-0.3, -0.25) is 4.79 Å². The number of amides is 2. The molecule has 5 nitrogen and oxygen atoms in total. The van der Waals surface area contributed by atoms with E-state index < -0.39 is 6.09 Å². The summed E-state index contributed by atoms with van der Waals surface area (Å²) >= 11 is 1.52. The Morgan fingerprint density at radius 2 is 2.47 bits per heavy atom. The van der Waals surface area contributed by atoms with Crippen molar-refractivity contribution in [1.82, 2.24) is 4.90 Å². The van der Waals surface area contributed by atoms with Crippen LogP contribution >= 0.6 is 11.8 Å². The van der Waals surface area contributed by atoms with Crippen molar-refractivity contribution in [2.24, 2.45) is 0 Å². The van der Waals surface area contributed by atoms with Crippen LogP contribution in [0, 0.1) is 0 Å². The van der Waals surface area contributed by atoms with E-state index in [1.165, 1.54) is 11.8 Å². The van der Waals surface area contributed by atoms with Crippen molar-refractivity contribution in [3.05, 3.63) is 0 Å². The molecule has 1 fully saturated rings. The Morgan fingerprint density at radius 1 is 1.73 bits per heavy atom. The fourth-order valence-electron chi connectivity index (χ4n) is 1.29. The third kappa shape index (κ3) is 3.71. The van der Waals surface area contributed by atoms with Gasteiger partial charge >= 0.3 is 6.09 Å². The minimum atomic E-state index is -0.542. The predicted octanol–water partition coefficient (Wildman–Crippen LogP) is 0.469. The molecule has 15 heavy (non-hydrogen) atoms. The van der Waals surface area contributed by atoms with Gasteiger partial charge in [0.2, 0.25) is 5.91 Å². The van der Waals surface area contributed by atoms with Crippen molar-refractivity contribution in [2.45, 2.75) is 18.6 Å². The van der Waals surface area contributed by atoms with Gasteiger partial charge in [0, 0.05) is 17.4 Å². The molecule has 0 bridgehead atoms. The Bertz CT molecular complexity index is 246. The van der Waals surface area contributed by atoms with E-state index in [0.29, 0.717) is 25.3 Å². The van der Waals surface area contributed by atoms with Gasteiger partial charge in [0.15, 0.2) is 0 Å². The molecule has 1 atom stereocenters. The maximum absolute atomic E-state index is 11.6. The van der Waals surface area contributed by atoms with E-state index in [2.05, 4.69) is 4.74 Å². The molecule has 0 saturated carbocycles. The summed E-state index contributed by atoms with van der Waals surface area (Å²) in [5, 5.41) is 8.72. The van der Waals surface area contributed by atoms with Gasteiger partial charge in [-0.1, -0.05) is 6.92 Å². The van der Waals surface area contributed by atoms with Crippen LogP contribution < -0.4 is 0 Å². The number of ether oxygens (including phenoxy) is 1. The zero-order valence-corrected chi connectivity index (χ0v) is 9.46. The number of cyclic esters (lactones) is 1. The highest BCUT2D eigenvalue weighted by Gasteiger charge is 2.28. The van der Waals surface area contributed by atoms with Crippen LogP contribution in [0.3, 0.4) is 0 Å².